The molecule has 0 radical (unpaired) electrons. The van der Waals surface area contributed by atoms with Gasteiger partial charge in [0, 0.05) is 11.0 Å². The Morgan fingerprint density at radius 1 is 1.18 bits per heavy atom. The number of fused-ring (bicyclic) bond motifs is 1. The average molecular weight is 251 g/mol. The van der Waals surface area contributed by atoms with E-state index in [1.165, 1.54) is 0 Å². The molecule has 92 valence electrons. The van der Waals surface area contributed by atoms with Gasteiger partial charge in [-0.05, 0) is 56.5 Å². The summed E-state index contributed by atoms with van der Waals surface area (Å²) in [6.07, 6.45) is 1.86. The Kier molecular flexibility index (Phi) is 3.62. The number of hydrogen-bond acceptors (Lipinski definition) is 4. The molecule has 1 heterocycles. The first-order valence-electron chi connectivity index (χ1n) is 5.66. The van der Waals surface area contributed by atoms with Gasteiger partial charge in [-0.25, -0.2) is 4.40 Å². The number of benzene rings is 1. The number of rotatable bonds is 2. The van der Waals surface area contributed by atoms with Crippen molar-refractivity contribution in [2.45, 2.75) is 25.5 Å². The molecule has 0 bridgehead atoms. The van der Waals surface area contributed by atoms with Crippen LogP contribution in [0.15, 0.2) is 22.6 Å². The molecule has 4 heteroatoms. The highest BCUT2D eigenvalue weighted by Crippen LogP contribution is 2.30. The summed E-state index contributed by atoms with van der Waals surface area (Å²) < 4.78 is 15.5. The molecule has 0 aliphatic carbocycles. The van der Waals surface area contributed by atoms with Crippen LogP contribution in [0, 0.1) is 0 Å². The van der Waals surface area contributed by atoms with E-state index in [9.17, 15) is 0 Å². The van der Waals surface area contributed by atoms with Crippen molar-refractivity contribution in [2.75, 3.05) is 13.2 Å². The van der Waals surface area contributed by atoms with Crippen molar-refractivity contribution in [3.05, 3.63) is 23.8 Å². The Labute approximate surface area is 106 Å². The maximum Gasteiger partial charge on any atom is 0.162 e. The van der Waals surface area contributed by atoms with E-state index in [1.54, 1.807) is 11.9 Å². The van der Waals surface area contributed by atoms with Gasteiger partial charge in [0.05, 0.1) is 0 Å². The van der Waals surface area contributed by atoms with Crippen molar-refractivity contribution in [2.24, 2.45) is 4.40 Å². The molecule has 3 nitrogen and oxygen atoms in total. The standard InChI is InChI=1S/C13H17NO2S/c1-13(2,3)17-14-9-10-4-5-11-12(8-10)16-7-6-15-11/h4-5,8-9H,6-7H2,1-3H3. The lowest BCUT2D eigenvalue weighted by Gasteiger charge is -2.18. The normalized spacial score (nSPS) is 15.2. The smallest absolute Gasteiger partial charge is 0.162 e. The topological polar surface area (TPSA) is 30.8 Å². The van der Waals surface area contributed by atoms with Gasteiger partial charge in [0.1, 0.15) is 13.2 Å². The molecule has 0 atom stereocenters. The van der Waals surface area contributed by atoms with Crippen molar-refractivity contribution in [3.63, 3.8) is 0 Å². The first-order valence-corrected chi connectivity index (χ1v) is 6.43. The van der Waals surface area contributed by atoms with Crippen LogP contribution in [0.3, 0.4) is 0 Å². The van der Waals surface area contributed by atoms with Crippen molar-refractivity contribution >= 4 is 18.2 Å². The fourth-order valence-electron chi connectivity index (χ4n) is 1.39. The van der Waals surface area contributed by atoms with Crippen LogP contribution in [0.1, 0.15) is 26.3 Å². The summed E-state index contributed by atoms with van der Waals surface area (Å²) in [6, 6.07) is 5.87. The predicted molar refractivity (Wildman–Crippen MR) is 72.4 cm³/mol. The highest BCUT2D eigenvalue weighted by molar-refractivity contribution is 7.99. The van der Waals surface area contributed by atoms with E-state index in [0.717, 1.165) is 17.1 Å². The molecule has 2 rings (SSSR count). The summed E-state index contributed by atoms with van der Waals surface area (Å²) in [7, 11) is 0. The summed E-state index contributed by atoms with van der Waals surface area (Å²) >= 11 is 1.56. The quantitative estimate of drug-likeness (QED) is 0.596. The third-order valence-electron chi connectivity index (χ3n) is 2.09. The second kappa shape index (κ2) is 5.00. The minimum Gasteiger partial charge on any atom is -0.486 e. The van der Waals surface area contributed by atoms with Gasteiger partial charge < -0.3 is 9.47 Å². The van der Waals surface area contributed by atoms with Crippen LogP contribution in [0.5, 0.6) is 11.5 Å². The average Bonchev–Trinajstić information content (AvgIpc) is 2.27. The van der Waals surface area contributed by atoms with Crippen LogP contribution in [-0.2, 0) is 0 Å². The van der Waals surface area contributed by atoms with Crippen LogP contribution >= 0.6 is 11.9 Å². The molecule has 0 unspecified atom stereocenters. The molecular formula is C13H17NO2S. The van der Waals surface area contributed by atoms with Crippen LogP contribution in [0.4, 0.5) is 0 Å². The first kappa shape index (κ1) is 12.3. The van der Waals surface area contributed by atoms with Gasteiger partial charge in [0.15, 0.2) is 11.5 Å². The highest BCUT2D eigenvalue weighted by atomic mass is 32.2. The molecule has 17 heavy (non-hydrogen) atoms. The van der Waals surface area contributed by atoms with Crippen LogP contribution in [-0.4, -0.2) is 24.2 Å². The number of hydrogen-bond donors (Lipinski definition) is 0. The second-order valence-corrected chi connectivity index (χ2v) is 6.46. The lowest BCUT2D eigenvalue weighted by atomic mass is 10.2. The molecule has 0 saturated heterocycles. The maximum absolute atomic E-state index is 5.52. The molecule has 0 spiro atoms. The predicted octanol–water partition coefficient (Wildman–Crippen LogP) is 3.32. The van der Waals surface area contributed by atoms with Crippen LogP contribution < -0.4 is 9.47 Å². The van der Waals surface area contributed by atoms with Gasteiger partial charge in [-0.2, -0.15) is 0 Å². The van der Waals surface area contributed by atoms with Gasteiger partial charge in [0.25, 0.3) is 0 Å². The van der Waals surface area contributed by atoms with Crippen molar-refractivity contribution in [3.8, 4) is 11.5 Å². The fourth-order valence-corrected chi connectivity index (χ4v) is 1.88. The van der Waals surface area contributed by atoms with E-state index in [1.807, 2.05) is 24.4 Å². The van der Waals surface area contributed by atoms with Gasteiger partial charge in [-0.3, -0.25) is 0 Å². The largest absolute Gasteiger partial charge is 0.486 e. The Hall–Kier alpha value is -1.16. The SMILES string of the molecule is CC(C)(C)SN=Cc1ccc2c(c1)OCCO2. The van der Waals surface area contributed by atoms with Gasteiger partial charge >= 0.3 is 0 Å². The molecule has 0 fully saturated rings. The summed E-state index contributed by atoms with van der Waals surface area (Å²) in [4.78, 5) is 0. The zero-order valence-electron chi connectivity index (χ0n) is 10.4. The fraction of sp³-hybridized carbons (Fsp3) is 0.462. The van der Waals surface area contributed by atoms with Crippen LogP contribution in [0.25, 0.3) is 0 Å². The van der Waals surface area contributed by atoms with Gasteiger partial charge in [-0.1, -0.05) is 0 Å². The second-order valence-electron chi connectivity index (χ2n) is 4.84. The Morgan fingerprint density at radius 3 is 2.59 bits per heavy atom. The summed E-state index contributed by atoms with van der Waals surface area (Å²) in [5.74, 6) is 1.62. The lowest BCUT2D eigenvalue weighted by Crippen LogP contribution is -2.15. The highest BCUT2D eigenvalue weighted by Gasteiger charge is 2.11. The van der Waals surface area contributed by atoms with E-state index < -0.39 is 0 Å². The van der Waals surface area contributed by atoms with Crippen molar-refractivity contribution in [1.29, 1.82) is 0 Å². The zero-order valence-corrected chi connectivity index (χ0v) is 11.2. The summed E-state index contributed by atoms with van der Waals surface area (Å²) in [5, 5.41) is 0. The molecule has 1 aliphatic rings. The molecule has 1 aliphatic heterocycles. The monoisotopic (exact) mass is 251 g/mol. The first-order chi connectivity index (χ1) is 8.04. The molecule has 0 saturated carbocycles. The minimum atomic E-state index is 0.143. The van der Waals surface area contributed by atoms with E-state index in [4.69, 9.17) is 9.47 Å². The molecule has 0 N–H and O–H groups in total. The van der Waals surface area contributed by atoms with Gasteiger partial charge in [0.2, 0.25) is 0 Å². The molecule has 1 aromatic rings. The van der Waals surface area contributed by atoms with Crippen molar-refractivity contribution < 1.29 is 9.47 Å². The van der Waals surface area contributed by atoms with E-state index >= 15 is 0 Å². The lowest BCUT2D eigenvalue weighted by molar-refractivity contribution is 0.171. The maximum atomic E-state index is 5.52. The summed E-state index contributed by atoms with van der Waals surface area (Å²) in [5.41, 5.74) is 1.03. The molecule has 0 amide bonds. The van der Waals surface area contributed by atoms with Crippen molar-refractivity contribution in [1.82, 2.24) is 0 Å². The molecular weight excluding hydrogens is 234 g/mol. The molecule has 0 aromatic heterocycles. The number of ether oxygens (including phenoxy) is 2. The molecule has 1 aromatic carbocycles. The third kappa shape index (κ3) is 3.66. The third-order valence-corrected chi connectivity index (χ3v) is 2.85. The minimum absolute atomic E-state index is 0.143. The Bertz CT molecular complexity index is 424. The van der Waals surface area contributed by atoms with E-state index in [0.29, 0.717) is 13.2 Å². The van der Waals surface area contributed by atoms with E-state index in [2.05, 4.69) is 25.2 Å². The number of nitrogens with zero attached hydrogens (tertiary/aromatic N) is 1. The van der Waals surface area contributed by atoms with E-state index in [-0.39, 0.29) is 4.75 Å². The zero-order chi connectivity index (χ0) is 12.3. The Balaban J connectivity index is 2.07. The van der Waals surface area contributed by atoms with Gasteiger partial charge in [-0.15, -0.1) is 0 Å². The Morgan fingerprint density at radius 2 is 1.88 bits per heavy atom. The van der Waals surface area contributed by atoms with Crippen LogP contribution in [0.2, 0.25) is 0 Å². The summed E-state index contributed by atoms with van der Waals surface area (Å²) in [6.45, 7) is 7.65.